The molecule has 0 saturated heterocycles. The van der Waals surface area contributed by atoms with E-state index in [0.29, 0.717) is 28.2 Å². The molecule has 1 heterocycles. The average molecular weight is 598 g/mol. The van der Waals surface area contributed by atoms with E-state index in [-0.39, 0.29) is 17.0 Å². The third-order valence-corrected chi connectivity index (χ3v) is 8.20. The van der Waals surface area contributed by atoms with Gasteiger partial charge in [-0.2, -0.15) is 0 Å². The van der Waals surface area contributed by atoms with Gasteiger partial charge in [0.1, 0.15) is 5.75 Å². The number of hydrogen-bond donors (Lipinski definition) is 3. The van der Waals surface area contributed by atoms with Crippen LogP contribution in [0.25, 0.3) is 22.0 Å². The topological polar surface area (TPSA) is 118 Å². The largest absolute Gasteiger partial charge is 0.494 e. The van der Waals surface area contributed by atoms with Crippen LogP contribution in [0, 0.1) is 0 Å². The lowest BCUT2D eigenvalue weighted by Gasteiger charge is -2.13. The molecule has 0 aliphatic heterocycles. The molecule has 0 fully saturated rings. The van der Waals surface area contributed by atoms with Crippen molar-refractivity contribution in [3.05, 3.63) is 101 Å². The number of thiazole rings is 1. The SMILES string of the molecule is CCOc1ccc(-c2csc(NC(=O)C(C)Sc3cccc(NC(=O)c4cccc5cccc(C(=O)O)c45)c3)n2)cc1. The van der Waals surface area contributed by atoms with Crippen molar-refractivity contribution in [2.75, 3.05) is 17.2 Å². The molecule has 0 aliphatic rings. The number of aromatic carboxylic acids is 1. The van der Waals surface area contributed by atoms with Crippen molar-refractivity contribution in [1.82, 2.24) is 4.98 Å². The van der Waals surface area contributed by atoms with Crippen molar-refractivity contribution in [1.29, 1.82) is 0 Å². The highest BCUT2D eigenvalue weighted by Crippen LogP contribution is 2.30. The van der Waals surface area contributed by atoms with Gasteiger partial charge in [0.2, 0.25) is 5.91 Å². The van der Waals surface area contributed by atoms with Crippen LogP contribution in [0.5, 0.6) is 5.75 Å². The Bertz CT molecular complexity index is 1760. The Kier molecular flexibility index (Phi) is 8.85. The number of hydrogen-bond acceptors (Lipinski definition) is 7. The van der Waals surface area contributed by atoms with E-state index in [1.807, 2.05) is 42.6 Å². The standard InChI is InChI=1S/C32H27N3O5S2/c1-3-40-23-15-13-20(14-16-23)27-18-41-32(34-27)35-29(36)19(2)42-24-10-6-9-22(17-24)33-30(37)25-11-4-7-21-8-5-12-26(28(21)25)31(38)39/h4-19H,3H2,1-2H3,(H,33,37)(H,38,39)(H,34,35,36). The Hall–Kier alpha value is -4.67. The van der Waals surface area contributed by atoms with Gasteiger partial charge in [0.25, 0.3) is 5.91 Å². The molecule has 5 rings (SSSR count). The van der Waals surface area contributed by atoms with E-state index in [1.54, 1.807) is 55.5 Å². The van der Waals surface area contributed by atoms with Gasteiger partial charge in [-0.1, -0.05) is 30.3 Å². The number of nitrogens with zero attached hydrogens (tertiary/aromatic N) is 1. The average Bonchev–Trinajstić information content (AvgIpc) is 3.45. The van der Waals surface area contributed by atoms with E-state index in [1.165, 1.54) is 29.2 Å². The van der Waals surface area contributed by atoms with Gasteiger partial charge in [0, 0.05) is 32.5 Å². The molecule has 212 valence electrons. The maximum Gasteiger partial charge on any atom is 0.336 e. The molecule has 2 amide bonds. The van der Waals surface area contributed by atoms with Crippen LogP contribution >= 0.6 is 23.1 Å². The van der Waals surface area contributed by atoms with Gasteiger partial charge >= 0.3 is 5.97 Å². The lowest BCUT2D eigenvalue weighted by Crippen LogP contribution is -2.22. The monoisotopic (exact) mass is 597 g/mol. The van der Waals surface area contributed by atoms with Crippen molar-refractivity contribution < 1.29 is 24.2 Å². The first-order chi connectivity index (χ1) is 20.3. The van der Waals surface area contributed by atoms with E-state index in [4.69, 9.17) is 4.74 Å². The first-order valence-electron chi connectivity index (χ1n) is 13.1. The first-order valence-corrected chi connectivity index (χ1v) is 14.9. The highest BCUT2D eigenvalue weighted by Gasteiger charge is 2.19. The van der Waals surface area contributed by atoms with Crippen LogP contribution in [0.1, 0.15) is 34.6 Å². The van der Waals surface area contributed by atoms with Crippen LogP contribution in [0.15, 0.2) is 95.2 Å². The molecule has 5 aromatic rings. The zero-order valence-corrected chi connectivity index (χ0v) is 24.4. The molecule has 0 spiro atoms. The van der Waals surface area contributed by atoms with Crippen molar-refractivity contribution in [2.45, 2.75) is 24.0 Å². The summed E-state index contributed by atoms with van der Waals surface area (Å²) in [7, 11) is 0. The Morgan fingerprint density at radius 1 is 0.952 bits per heavy atom. The van der Waals surface area contributed by atoms with E-state index in [2.05, 4.69) is 15.6 Å². The highest BCUT2D eigenvalue weighted by atomic mass is 32.2. The zero-order valence-electron chi connectivity index (χ0n) is 22.8. The van der Waals surface area contributed by atoms with Gasteiger partial charge in [-0.3, -0.25) is 9.59 Å². The Balaban J connectivity index is 1.23. The lowest BCUT2D eigenvalue weighted by molar-refractivity contribution is -0.115. The number of thioether (sulfide) groups is 1. The van der Waals surface area contributed by atoms with Crippen molar-refractivity contribution in [3.8, 4) is 17.0 Å². The second-order valence-corrected chi connectivity index (χ2v) is 11.5. The maximum absolute atomic E-state index is 13.2. The Labute approximate surface area is 250 Å². The third kappa shape index (κ3) is 6.62. The molecule has 42 heavy (non-hydrogen) atoms. The number of aromatic nitrogens is 1. The number of fused-ring (bicyclic) bond motifs is 1. The van der Waals surface area contributed by atoms with Crippen LogP contribution in [0.2, 0.25) is 0 Å². The van der Waals surface area contributed by atoms with E-state index >= 15 is 0 Å². The van der Waals surface area contributed by atoms with Gasteiger partial charge in [-0.25, -0.2) is 9.78 Å². The number of carboxylic acids is 1. The van der Waals surface area contributed by atoms with Crippen LogP contribution in [-0.4, -0.2) is 39.7 Å². The summed E-state index contributed by atoms with van der Waals surface area (Å²) in [6.45, 7) is 4.34. The van der Waals surface area contributed by atoms with Crippen LogP contribution in [0.4, 0.5) is 10.8 Å². The molecule has 0 aliphatic carbocycles. The number of rotatable bonds is 10. The predicted molar refractivity (Wildman–Crippen MR) is 168 cm³/mol. The number of carboxylic acid groups (broad SMARTS) is 1. The molecule has 0 radical (unpaired) electrons. The summed E-state index contributed by atoms with van der Waals surface area (Å²) in [5.41, 5.74) is 2.56. The molecular weight excluding hydrogens is 571 g/mol. The molecule has 1 atom stereocenters. The number of nitrogens with one attached hydrogen (secondary N) is 2. The molecular formula is C32H27N3O5S2. The second-order valence-electron chi connectivity index (χ2n) is 9.24. The van der Waals surface area contributed by atoms with Crippen LogP contribution in [0.3, 0.4) is 0 Å². The minimum absolute atomic E-state index is 0.0641. The summed E-state index contributed by atoms with van der Waals surface area (Å²) in [6.07, 6.45) is 0. The summed E-state index contributed by atoms with van der Waals surface area (Å²) in [4.78, 5) is 43.3. The second kappa shape index (κ2) is 12.9. The van der Waals surface area contributed by atoms with Crippen molar-refractivity contribution >= 4 is 62.5 Å². The molecule has 10 heteroatoms. The zero-order chi connectivity index (χ0) is 29.6. The van der Waals surface area contributed by atoms with Crippen molar-refractivity contribution in [3.63, 3.8) is 0 Å². The number of amides is 2. The first kappa shape index (κ1) is 28.8. The van der Waals surface area contributed by atoms with E-state index in [9.17, 15) is 19.5 Å². The molecule has 4 aromatic carbocycles. The normalized spacial score (nSPS) is 11.6. The molecule has 1 unspecified atom stereocenters. The number of ether oxygens (including phenoxy) is 1. The maximum atomic E-state index is 13.2. The fraction of sp³-hybridized carbons (Fsp3) is 0.125. The molecule has 1 aromatic heterocycles. The van der Waals surface area contributed by atoms with Gasteiger partial charge in [-0.05, 0) is 73.8 Å². The number of benzene rings is 4. The minimum Gasteiger partial charge on any atom is -0.494 e. The van der Waals surface area contributed by atoms with Crippen LogP contribution < -0.4 is 15.4 Å². The quantitative estimate of drug-likeness (QED) is 0.143. The lowest BCUT2D eigenvalue weighted by atomic mass is 9.98. The van der Waals surface area contributed by atoms with Gasteiger partial charge in [0.05, 0.1) is 23.1 Å². The highest BCUT2D eigenvalue weighted by molar-refractivity contribution is 8.00. The Morgan fingerprint density at radius 2 is 1.67 bits per heavy atom. The fourth-order valence-corrected chi connectivity index (χ4v) is 6.02. The molecule has 0 bridgehead atoms. The molecule has 3 N–H and O–H groups in total. The predicted octanol–water partition coefficient (Wildman–Crippen LogP) is 7.43. The van der Waals surface area contributed by atoms with Gasteiger partial charge in [0.15, 0.2) is 5.13 Å². The number of carbonyl (C=O) groups is 3. The number of carbonyl (C=O) groups excluding carboxylic acids is 2. The Morgan fingerprint density at radius 3 is 2.38 bits per heavy atom. The summed E-state index contributed by atoms with van der Waals surface area (Å²) >= 11 is 2.70. The van der Waals surface area contributed by atoms with Crippen molar-refractivity contribution in [2.24, 2.45) is 0 Å². The summed E-state index contributed by atoms with van der Waals surface area (Å²) in [5, 5.41) is 18.4. The summed E-state index contributed by atoms with van der Waals surface area (Å²) < 4.78 is 5.49. The van der Waals surface area contributed by atoms with E-state index < -0.39 is 17.1 Å². The fourth-order valence-electron chi connectivity index (χ4n) is 4.37. The number of anilines is 2. The summed E-state index contributed by atoms with van der Waals surface area (Å²) in [5.74, 6) is -0.926. The minimum atomic E-state index is -1.10. The summed E-state index contributed by atoms with van der Waals surface area (Å²) in [6, 6.07) is 24.8. The smallest absolute Gasteiger partial charge is 0.336 e. The molecule has 0 saturated carbocycles. The third-order valence-electron chi connectivity index (χ3n) is 6.35. The van der Waals surface area contributed by atoms with Gasteiger partial charge in [-0.15, -0.1) is 23.1 Å². The van der Waals surface area contributed by atoms with Crippen LogP contribution in [-0.2, 0) is 4.79 Å². The molecule has 8 nitrogen and oxygen atoms in total. The van der Waals surface area contributed by atoms with Gasteiger partial charge < -0.3 is 20.5 Å². The van der Waals surface area contributed by atoms with E-state index in [0.717, 1.165) is 21.9 Å².